The Labute approximate surface area is 116 Å². The summed E-state index contributed by atoms with van der Waals surface area (Å²) in [6.07, 6.45) is 3.89. The Hall–Kier alpha value is -2.32. The van der Waals surface area contributed by atoms with Crippen LogP contribution < -0.4 is 4.74 Å². The Bertz CT molecular complexity index is 600. The highest BCUT2D eigenvalue weighted by Gasteiger charge is 2.04. The number of aliphatic hydroxyl groups is 1. The molecule has 0 radical (unpaired) electrons. The molecular formula is C15H15FN2O2. The molecular weight excluding hydrogens is 259 g/mol. The number of rotatable bonds is 5. The van der Waals surface area contributed by atoms with Gasteiger partial charge in [0.2, 0.25) is 0 Å². The molecule has 0 bridgehead atoms. The lowest BCUT2D eigenvalue weighted by Crippen LogP contribution is -2.09. The van der Waals surface area contributed by atoms with Crippen molar-refractivity contribution >= 4 is 0 Å². The predicted molar refractivity (Wildman–Crippen MR) is 72.7 cm³/mol. The van der Waals surface area contributed by atoms with Gasteiger partial charge in [-0.1, -0.05) is 11.8 Å². The van der Waals surface area contributed by atoms with Crippen LogP contribution in [0.1, 0.15) is 12.0 Å². The van der Waals surface area contributed by atoms with Crippen LogP contribution in [0.2, 0.25) is 0 Å². The number of benzene rings is 1. The highest BCUT2D eigenvalue weighted by molar-refractivity contribution is 5.40. The van der Waals surface area contributed by atoms with Crippen molar-refractivity contribution < 1.29 is 14.2 Å². The van der Waals surface area contributed by atoms with Gasteiger partial charge in [0.05, 0.1) is 13.2 Å². The van der Waals surface area contributed by atoms with Crippen molar-refractivity contribution in [3.05, 3.63) is 48.0 Å². The standard InChI is InChI=1S/C15H15FN2O2/c16-14-6-5-13(4-1-2-10-19)12-15(14)20-11-9-18-8-3-7-17-18/h3,5-8,12,19H,2,9-11H2. The van der Waals surface area contributed by atoms with E-state index in [0.717, 1.165) is 0 Å². The number of ether oxygens (including phenoxy) is 1. The first-order valence-electron chi connectivity index (χ1n) is 6.29. The minimum Gasteiger partial charge on any atom is -0.489 e. The van der Waals surface area contributed by atoms with Crippen LogP contribution in [0.5, 0.6) is 5.75 Å². The summed E-state index contributed by atoms with van der Waals surface area (Å²) in [5.74, 6) is 5.38. The molecule has 0 aliphatic rings. The third-order valence-corrected chi connectivity index (χ3v) is 2.54. The van der Waals surface area contributed by atoms with E-state index < -0.39 is 5.82 Å². The Morgan fingerprint density at radius 1 is 1.40 bits per heavy atom. The summed E-state index contributed by atoms with van der Waals surface area (Å²) in [5, 5.41) is 12.7. The fourth-order valence-corrected chi connectivity index (χ4v) is 1.59. The molecule has 2 rings (SSSR count). The summed E-state index contributed by atoms with van der Waals surface area (Å²) in [6.45, 7) is 0.889. The predicted octanol–water partition coefficient (Wildman–Crippen LogP) is 1.84. The summed E-state index contributed by atoms with van der Waals surface area (Å²) in [7, 11) is 0. The molecule has 1 aromatic heterocycles. The van der Waals surface area contributed by atoms with Crippen LogP contribution >= 0.6 is 0 Å². The third kappa shape index (κ3) is 4.11. The summed E-state index contributed by atoms with van der Waals surface area (Å²) >= 11 is 0. The molecule has 1 N–H and O–H groups in total. The zero-order chi connectivity index (χ0) is 14.2. The first-order valence-corrected chi connectivity index (χ1v) is 6.29. The van der Waals surface area contributed by atoms with Gasteiger partial charge in [-0.05, 0) is 24.3 Å². The van der Waals surface area contributed by atoms with Gasteiger partial charge < -0.3 is 9.84 Å². The van der Waals surface area contributed by atoms with Gasteiger partial charge in [-0.2, -0.15) is 5.10 Å². The molecule has 0 fully saturated rings. The average Bonchev–Trinajstić information content (AvgIpc) is 2.95. The Morgan fingerprint density at radius 3 is 3.05 bits per heavy atom. The molecule has 104 valence electrons. The number of nitrogens with zero attached hydrogens (tertiary/aromatic N) is 2. The van der Waals surface area contributed by atoms with Crippen molar-refractivity contribution in [2.24, 2.45) is 0 Å². The van der Waals surface area contributed by atoms with E-state index in [9.17, 15) is 4.39 Å². The molecule has 0 spiro atoms. The normalized spacial score (nSPS) is 9.90. The lowest BCUT2D eigenvalue weighted by Gasteiger charge is -2.07. The summed E-state index contributed by atoms with van der Waals surface area (Å²) in [4.78, 5) is 0. The summed E-state index contributed by atoms with van der Waals surface area (Å²) in [6, 6.07) is 6.28. The van der Waals surface area contributed by atoms with Crippen molar-refractivity contribution in [1.82, 2.24) is 9.78 Å². The second-order valence-electron chi connectivity index (χ2n) is 4.04. The molecule has 1 heterocycles. The first-order chi connectivity index (χ1) is 9.79. The molecule has 4 nitrogen and oxygen atoms in total. The van der Waals surface area contributed by atoms with Crippen LogP contribution in [-0.2, 0) is 6.54 Å². The van der Waals surface area contributed by atoms with E-state index in [4.69, 9.17) is 9.84 Å². The van der Waals surface area contributed by atoms with E-state index in [2.05, 4.69) is 16.9 Å². The van der Waals surface area contributed by atoms with Crippen LogP contribution in [0.4, 0.5) is 4.39 Å². The van der Waals surface area contributed by atoms with E-state index in [1.807, 2.05) is 12.3 Å². The third-order valence-electron chi connectivity index (χ3n) is 2.54. The van der Waals surface area contributed by atoms with Crippen molar-refractivity contribution in [3.8, 4) is 17.6 Å². The van der Waals surface area contributed by atoms with Crippen LogP contribution in [0.25, 0.3) is 0 Å². The summed E-state index contributed by atoms with van der Waals surface area (Å²) in [5.41, 5.74) is 0.661. The van der Waals surface area contributed by atoms with Gasteiger partial charge in [-0.25, -0.2) is 4.39 Å². The molecule has 0 amide bonds. The Kier molecular flexibility index (Phi) is 5.15. The quantitative estimate of drug-likeness (QED) is 0.846. The van der Waals surface area contributed by atoms with Crippen molar-refractivity contribution in [2.45, 2.75) is 13.0 Å². The van der Waals surface area contributed by atoms with Crippen LogP contribution in [0, 0.1) is 17.7 Å². The van der Waals surface area contributed by atoms with E-state index in [1.54, 1.807) is 23.0 Å². The van der Waals surface area contributed by atoms with Crippen LogP contribution in [-0.4, -0.2) is 28.1 Å². The Morgan fingerprint density at radius 2 is 2.30 bits per heavy atom. The maximum absolute atomic E-state index is 13.6. The second kappa shape index (κ2) is 7.31. The van der Waals surface area contributed by atoms with Gasteiger partial charge in [0.25, 0.3) is 0 Å². The fraction of sp³-hybridized carbons (Fsp3) is 0.267. The smallest absolute Gasteiger partial charge is 0.165 e. The molecule has 0 saturated heterocycles. The minimum absolute atomic E-state index is 0.0153. The number of aliphatic hydroxyl groups excluding tert-OH is 1. The zero-order valence-corrected chi connectivity index (χ0v) is 10.9. The van der Waals surface area contributed by atoms with Gasteiger partial charge in [-0.15, -0.1) is 0 Å². The number of hydrogen-bond acceptors (Lipinski definition) is 3. The molecule has 20 heavy (non-hydrogen) atoms. The van der Waals surface area contributed by atoms with Gasteiger partial charge in [0, 0.05) is 24.4 Å². The maximum Gasteiger partial charge on any atom is 0.165 e. The molecule has 0 aliphatic carbocycles. The monoisotopic (exact) mass is 274 g/mol. The topological polar surface area (TPSA) is 47.3 Å². The molecule has 0 atom stereocenters. The zero-order valence-electron chi connectivity index (χ0n) is 10.9. The molecule has 1 aromatic carbocycles. The lowest BCUT2D eigenvalue weighted by molar-refractivity contribution is 0.278. The molecule has 5 heteroatoms. The molecule has 0 saturated carbocycles. The fourth-order valence-electron chi connectivity index (χ4n) is 1.59. The van der Waals surface area contributed by atoms with E-state index >= 15 is 0 Å². The van der Waals surface area contributed by atoms with Gasteiger partial charge >= 0.3 is 0 Å². The Balaban J connectivity index is 1.96. The van der Waals surface area contributed by atoms with Gasteiger partial charge in [0.1, 0.15) is 6.61 Å². The number of aromatic nitrogens is 2. The SMILES string of the molecule is OCCC#Cc1ccc(F)c(OCCn2cccn2)c1. The van der Waals surface area contributed by atoms with Crippen molar-refractivity contribution in [2.75, 3.05) is 13.2 Å². The van der Waals surface area contributed by atoms with E-state index in [1.165, 1.54) is 6.07 Å². The largest absolute Gasteiger partial charge is 0.489 e. The highest BCUT2D eigenvalue weighted by atomic mass is 19.1. The number of hydrogen-bond donors (Lipinski definition) is 1. The second-order valence-corrected chi connectivity index (χ2v) is 4.04. The molecule has 0 aliphatic heterocycles. The molecule has 2 aromatic rings. The average molecular weight is 274 g/mol. The maximum atomic E-state index is 13.6. The highest BCUT2D eigenvalue weighted by Crippen LogP contribution is 2.18. The number of halogens is 1. The van der Waals surface area contributed by atoms with Crippen molar-refractivity contribution in [1.29, 1.82) is 0 Å². The van der Waals surface area contributed by atoms with E-state index in [-0.39, 0.29) is 12.4 Å². The van der Waals surface area contributed by atoms with Crippen LogP contribution in [0.3, 0.4) is 0 Å². The first kappa shape index (κ1) is 14.1. The van der Waals surface area contributed by atoms with Crippen LogP contribution in [0.15, 0.2) is 36.7 Å². The lowest BCUT2D eigenvalue weighted by atomic mass is 10.2. The molecule has 0 unspecified atom stereocenters. The van der Waals surface area contributed by atoms with Gasteiger partial charge in [0.15, 0.2) is 11.6 Å². The minimum atomic E-state index is -0.418. The summed E-state index contributed by atoms with van der Waals surface area (Å²) < 4.78 is 20.7. The van der Waals surface area contributed by atoms with E-state index in [0.29, 0.717) is 25.1 Å². The van der Waals surface area contributed by atoms with Crippen molar-refractivity contribution in [3.63, 3.8) is 0 Å². The van der Waals surface area contributed by atoms with Gasteiger partial charge in [-0.3, -0.25) is 4.68 Å².